The van der Waals surface area contributed by atoms with E-state index in [1.165, 1.54) is 0 Å². The molecule has 2 aromatic rings. The van der Waals surface area contributed by atoms with Gasteiger partial charge in [-0.1, -0.05) is 39.0 Å². The zero-order valence-electron chi connectivity index (χ0n) is 13.7. The van der Waals surface area contributed by atoms with Crippen molar-refractivity contribution in [1.82, 2.24) is 0 Å². The van der Waals surface area contributed by atoms with E-state index in [-0.39, 0.29) is 10.3 Å². The zero-order chi connectivity index (χ0) is 16.5. The minimum atomic E-state index is -3.80. The molecule has 0 bridgehead atoms. The maximum absolute atomic E-state index is 12.3. The molecular formula is C18H22O3S. The molecule has 0 aliphatic heterocycles. The number of hydrogen-bond donors (Lipinski definition) is 0. The van der Waals surface area contributed by atoms with Crippen molar-refractivity contribution in [3.8, 4) is 5.75 Å². The third-order valence-corrected chi connectivity index (χ3v) is 4.94. The third-order valence-electron chi connectivity index (χ3n) is 3.69. The summed E-state index contributed by atoms with van der Waals surface area (Å²) in [6.07, 6.45) is 0. The van der Waals surface area contributed by atoms with E-state index in [1.807, 2.05) is 26.0 Å². The highest BCUT2D eigenvalue weighted by molar-refractivity contribution is 7.87. The van der Waals surface area contributed by atoms with E-state index in [9.17, 15) is 8.42 Å². The molecule has 2 rings (SSSR count). The van der Waals surface area contributed by atoms with Crippen molar-refractivity contribution in [3.63, 3.8) is 0 Å². The third kappa shape index (κ3) is 3.69. The molecule has 0 saturated carbocycles. The molecule has 0 saturated heterocycles. The Kier molecular flexibility index (Phi) is 4.34. The van der Waals surface area contributed by atoms with Gasteiger partial charge in [0, 0.05) is 0 Å². The molecular weight excluding hydrogens is 296 g/mol. The van der Waals surface area contributed by atoms with E-state index < -0.39 is 10.1 Å². The van der Waals surface area contributed by atoms with E-state index in [0.29, 0.717) is 5.75 Å². The van der Waals surface area contributed by atoms with E-state index in [0.717, 1.165) is 16.7 Å². The zero-order valence-corrected chi connectivity index (χ0v) is 14.5. The Bertz CT molecular complexity index is 767. The Morgan fingerprint density at radius 1 is 0.864 bits per heavy atom. The minimum Gasteiger partial charge on any atom is -0.379 e. The number of hydrogen-bond acceptors (Lipinski definition) is 3. The van der Waals surface area contributed by atoms with Gasteiger partial charge < -0.3 is 4.18 Å². The highest BCUT2D eigenvalue weighted by Crippen LogP contribution is 2.26. The SMILES string of the molecule is Cc1ccc(S(=O)(=O)Oc2ccc(C(C)(C)C)cc2)cc1C. The molecule has 0 radical (unpaired) electrons. The lowest BCUT2D eigenvalue weighted by Gasteiger charge is -2.19. The molecule has 22 heavy (non-hydrogen) atoms. The molecule has 0 fully saturated rings. The van der Waals surface area contributed by atoms with Gasteiger partial charge in [0.2, 0.25) is 0 Å². The second kappa shape index (κ2) is 5.76. The Morgan fingerprint density at radius 3 is 1.95 bits per heavy atom. The monoisotopic (exact) mass is 318 g/mol. The summed E-state index contributed by atoms with van der Waals surface area (Å²) in [5, 5.41) is 0. The van der Waals surface area contributed by atoms with Crippen LogP contribution in [0.5, 0.6) is 5.75 Å². The van der Waals surface area contributed by atoms with Gasteiger partial charge in [-0.3, -0.25) is 0 Å². The van der Waals surface area contributed by atoms with Gasteiger partial charge >= 0.3 is 10.1 Å². The lowest BCUT2D eigenvalue weighted by Crippen LogP contribution is -2.12. The average molecular weight is 318 g/mol. The first-order valence-electron chi connectivity index (χ1n) is 7.22. The number of aryl methyl sites for hydroxylation is 2. The minimum absolute atomic E-state index is 0.0193. The van der Waals surface area contributed by atoms with Crippen molar-refractivity contribution < 1.29 is 12.6 Å². The Hall–Kier alpha value is -1.81. The average Bonchev–Trinajstić information content (AvgIpc) is 2.41. The molecule has 4 heteroatoms. The maximum atomic E-state index is 12.3. The maximum Gasteiger partial charge on any atom is 0.339 e. The van der Waals surface area contributed by atoms with Gasteiger partial charge in [-0.05, 0) is 60.2 Å². The highest BCUT2D eigenvalue weighted by atomic mass is 32.2. The second-order valence-corrected chi connectivity index (χ2v) is 8.10. The summed E-state index contributed by atoms with van der Waals surface area (Å²) in [5.41, 5.74) is 3.12. The van der Waals surface area contributed by atoms with Crippen LogP contribution in [0.25, 0.3) is 0 Å². The van der Waals surface area contributed by atoms with Gasteiger partial charge in [0.25, 0.3) is 0 Å². The van der Waals surface area contributed by atoms with Crippen LogP contribution in [0.2, 0.25) is 0 Å². The molecule has 0 atom stereocenters. The van der Waals surface area contributed by atoms with Crippen molar-refractivity contribution in [2.24, 2.45) is 0 Å². The predicted octanol–water partition coefficient (Wildman–Crippen LogP) is 4.37. The molecule has 2 aromatic carbocycles. The van der Waals surface area contributed by atoms with Crippen LogP contribution in [0.15, 0.2) is 47.4 Å². The Morgan fingerprint density at radius 2 is 1.45 bits per heavy atom. The van der Waals surface area contributed by atoms with Crippen LogP contribution in [0.4, 0.5) is 0 Å². The first-order valence-corrected chi connectivity index (χ1v) is 8.63. The van der Waals surface area contributed by atoms with Gasteiger partial charge in [-0.25, -0.2) is 0 Å². The summed E-state index contributed by atoms with van der Waals surface area (Å²) < 4.78 is 29.9. The molecule has 0 aliphatic rings. The lowest BCUT2D eigenvalue weighted by atomic mass is 9.87. The predicted molar refractivity (Wildman–Crippen MR) is 88.9 cm³/mol. The molecule has 0 aromatic heterocycles. The van der Waals surface area contributed by atoms with E-state index in [1.54, 1.807) is 30.3 Å². The summed E-state index contributed by atoms with van der Waals surface area (Å²) in [7, 11) is -3.80. The summed E-state index contributed by atoms with van der Waals surface area (Å²) >= 11 is 0. The van der Waals surface area contributed by atoms with Crippen LogP contribution >= 0.6 is 0 Å². The Labute approximate surface area is 133 Å². The largest absolute Gasteiger partial charge is 0.379 e. The van der Waals surface area contributed by atoms with Gasteiger partial charge in [-0.15, -0.1) is 0 Å². The van der Waals surface area contributed by atoms with Gasteiger partial charge in [-0.2, -0.15) is 8.42 Å². The first kappa shape index (κ1) is 16.6. The fourth-order valence-corrected chi connectivity index (χ4v) is 3.07. The highest BCUT2D eigenvalue weighted by Gasteiger charge is 2.18. The summed E-state index contributed by atoms with van der Waals surface area (Å²) in [6.45, 7) is 10.1. The summed E-state index contributed by atoms with van der Waals surface area (Å²) in [5.74, 6) is 0.325. The summed E-state index contributed by atoms with van der Waals surface area (Å²) in [4.78, 5) is 0.176. The lowest BCUT2D eigenvalue weighted by molar-refractivity contribution is 0.485. The first-order chi connectivity index (χ1) is 10.1. The van der Waals surface area contributed by atoms with E-state index >= 15 is 0 Å². The molecule has 0 heterocycles. The van der Waals surface area contributed by atoms with Crippen LogP contribution in [-0.4, -0.2) is 8.42 Å². The van der Waals surface area contributed by atoms with Crippen molar-refractivity contribution >= 4 is 10.1 Å². The Balaban J connectivity index is 2.27. The van der Waals surface area contributed by atoms with E-state index in [2.05, 4.69) is 20.8 Å². The molecule has 3 nitrogen and oxygen atoms in total. The number of rotatable bonds is 3. The molecule has 0 aliphatic carbocycles. The van der Waals surface area contributed by atoms with Gasteiger partial charge in [0.15, 0.2) is 0 Å². The summed E-state index contributed by atoms with van der Waals surface area (Å²) in [6, 6.07) is 12.2. The fourth-order valence-electron chi connectivity index (χ4n) is 2.05. The number of benzene rings is 2. The smallest absolute Gasteiger partial charge is 0.339 e. The quantitative estimate of drug-likeness (QED) is 0.789. The van der Waals surface area contributed by atoms with Crippen molar-refractivity contribution in [1.29, 1.82) is 0 Å². The van der Waals surface area contributed by atoms with Crippen LogP contribution in [0.3, 0.4) is 0 Å². The van der Waals surface area contributed by atoms with Gasteiger partial charge in [0.05, 0.1) is 0 Å². The van der Waals surface area contributed by atoms with Crippen LogP contribution in [0.1, 0.15) is 37.5 Å². The molecule has 0 unspecified atom stereocenters. The van der Waals surface area contributed by atoms with Crippen molar-refractivity contribution in [2.75, 3.05) is 0 Å². The molecule has 0 N–H and O–H groups in total. The second-order valence-electron chi connectivity index (χ2n) is 6.56. The normalized spacial score (nSPS) is 12.2. The fraction of sp³-hybridized carbons (Fsp3) is 0.333. The molecule has 118 valence electrons. The van der Waals surface area contributed by atoms with Gasteiger partial charge in [0.1, 0.15) is 10.6 Å². The molecule has 0 spiro atoms. The van der Waals surface area contributed by atoms with Crippen LogP contribution in [0, 0.1) is 13.8 Å². The topological polar surface area (TPSA) is 43.4 Å². The van der Waals surface area contributed by atoms with Crippen molar-refractivity contribution in [2.45, 2.75) is 44.9 Å². The van der Waals surface area contributed by atoms with Crippen molar-refractivity contribution in [3.05, 3.63) is 59.2 Å². The van der Waals surface area contributed by atoms with Crippen LogP contribution in [-0.2, 0) is 15.5 Å². The molecule has 0 amide bonds. The van der Waals surface area contributed by atoms with Crippen LogP contribution < -0.4 is 4.18 Å². The standard InChI is InChI=1S/C18H22O3S/c1-13-6-11-17(12-14(13)2)22(19,20)21-16-9-7-15(8-10-16)18(3,4)5/h6-12H,1-5H3. The van der Waals surface area contributed by atoms with E-state index in [4.69, 9.17) is 4.18 Å².